The molecular weight excluding hydrogens is 364 g/mol. The summed E-state index contributed by atoms with van der Waals surface area (Å²) in [6, 6.07) is 15.8. The Bertz CT molecular complexity index is 995. The van der Waals surface area contributed by atoms with Gasteiger partial charge in [-0.05, 0) is 37.1 Å². The van der Waals surface area contributed by atoms with Gasteiger partial charge in [-0.2, -0.15) is 0 Å². The zero-order valence-corrected chi connectivity index (χ0v) is 16.9. The summed E-state index contributed by atoms with van der Waals surface area (Å²) in [5, 5.41) is 4.10. The maximum absolute atomic E-state index is 12.8. The van der Waals surface area contributed by atoms with Gasteiger partial charge in [0.2, 0.25) is 0 Å². The number of carbonyl (C=O) groups is 2. The number of amides is 2. The van der Waals surface area contributed by atoms with Crippen LogP contribution < -0.4 is 10.2 Å². The Hall–Kier alpha value is -3.12. The Morgan fingerprint density at radius 1 is 1.03 bits per heavy atom. The Balaban J connectivity index is 1.32. The zero-order chi connectivity index (χ0) is 20.4. The van der Waals surface area contributed by atoms with Crippen molar-refractivity contribution in [3.8, 4) is 0 Å². The Morgan fingerprint density at radius 3 is 2.41 bits per heavy atom. The molecule has 0 bridgehead atoms. The first-order chi connectivity index (χ1) is 14.0. The molecule has 0 unspecified atom stereocenters. The number of aromatic nitrogens is 1. The molecule has 1 aromatic heterocycles. The Morgan fingerprint density at radius 2 is 1.72 bits per heavy atom. The molecule has 3 aromatic rings. The van der Waals surface area contributed by atoms with Crippen molar-refractivity contribution in [2.45, 2.75) is 13.8 Å². The van der Waals surface area contributed by atoms with Gasteiger partial charge in [0.05, 0.1) is 26.2 Å². The van der Waals surface area contributed by atoms with Gasteiger partial charge >= 0.3 is 0 Å². The van der Waals surface area contributed by atoms with Crippen LogP contribution in [0.5, 0.6) is 0 Å². The number of para-hydroxylation sites is 2. The molecule has 3 N–H and O–H groups in total. The van der Waals surface area contributed by atoms with Crippen LogP contribution in [0, 0.1) is 13.8 Å². The van der Waals surface area contributed by atoms with Crippen LogP contribution in [0.1, 0.15) is 21.6 Å². The second-order valence-corrected chi connectivity index (χ2v) is 7.80. The number of anilines is 1. The number of carbonyl (C=O) groups excluding carboxylic acids is 2. The molecule has 1 saturated heterocycles. The minimum absolute atomic E-state index is 0.0211. The highest BCUT2D eigenvalue weighted by Crippen LogP contribution is 2.19. The molecular formula is C23H27N4O2+. The molecule has 0 atom stereocenters. The van der Waals surface area contributed by atoms with Crippen LogP contribution in [-0.2, 0) is 4.79 Å². The number of aromatic amines is 1. The lowest BCUT2D eigenvalue weighted by atomic mass is 10.1. The lowest BCUT2D eigenvalue weighted by Crippen LogP contribution is -3.15. The molecule has 0 saturated carbocycles. The minimum atomic E-state index is 0.0211. The van der Waals surface area contributed by atoms with Crippen LogP contribution >= 0.6 is 0 Å². The van der Waals surface area contributed by atoms with E-state index in [-0.39, 0.29) is 11.8 Å². The van der Waals surface area contributed by atoms with Crippen LogP contribution in [0.2, 0.25) is 0 Å². The molecule has 1 aliphatic heterocycles. The molecule has 0 radical (unpaired) electrons. The lowest BCUT2D eigenvalue weighted by molar-refractivity contribution is -0.895. The molecule has 0 spiro atoms. The quantitative estimate of drug-likeness (QED) is 0.634. The van der Waals surface area contributed by atoms with E-state index in [9.17, 15) is 9.59 Å². The molecule has 29 heavy (non-hydrogen) atoms. The summed E-state index contributed by atoms with van der Waals surface area (Å²) >= 11 is 0. The molecule has 2 heterocycles. The predicted molar refractivity (Wildman–Crippen MR) is 114 cm³/mol. The van der Waals surface area contributed by atoms with Gasteiger partial charge in [-0.1, -0.05) is 36.4 Å². The van der Waals surface area contributed by atoms with E-state index in [1.165, 1.54) is 4.90 Å². The van der Waals surface area contributed by atoms with Gasteiger partial charge in [-0.25, -0.2) is 0 Å². The highest BCUT2D eigenvalue weighted by atomic mass is 16.2. The van der Waals surface area contributed by atoms with Crippen LogP contribution in [0.15, 0.2) is 48.5 Å². The van der Waals surface area contributed by atoms with Crippen molar-refractivity contribution in [1.82, 2.24) is 9.88 Å². The van der Waals surface area contributed by atoms with Crippen molar-refractivity contribution < 1.29 is 14.5 Å². The smallest absolute Gasteiger partial charge is 0.279 e. The fraction of sp³-hybridized carbons (Fsp3) is 0.304. The fourth-order valence-electron chi connectivity index (χ4n) is 3.98. The topological polar surface area (TPSA) is 69.6 Å². The zero-order valence-electron chi connectivity index (χ0n) is 16.9. The number of nitrogens with zero attached hydrogens (tertiary/aromatic N) is 1. The second kappa shape index (κ2) is 8.09. The normalized spacial score (nSPS) is 14.9. The van der Waals surface area contributed by atoms with Gasteiger partial charge in [0, 0.05) is 16.6 Å². The number of fused-ring (bicyclic) bond motifs is 1. The lowest BCUT2D eigenvalue weighted by Gasteiger charge is -2.31. The summed E-state index contributed by atoms with van der Waals surface area (Å²) in [5.74, 6) is 0.0491. The van der Waals surface area contributed by atoms with E-state index in [1.807, 2.05) is 67.3 Å². The van der Waals surface area contributed by atoms with E-state index < -0.39 is 0 Å². The van der Waals surface area contributed by atoms with E-state index >= 15 is 0 Å². The van der Waals surface area contributed by atoms with Crippen molar-refractivity contribution in [3.05, 3.63) is 65.4 Å². The number of hydrogen-bond donors (Lipinski definition) is 3. The van der Waals surface area contributed by atoms with E-state index in [0.29, 0.717) is 25.3 Å². The molecule has 1 aliphatic rings. The van der Waals surface area contributed by atoms with Gasteiger partial charge in [-0.15, -0.1) is 0 Å². The molecule has 1 fully saturated rings. The van der Waals surface area contributed by atoms with Crippen molar-refractivity contribution >= 4 is 28.4 Å². The first kappa shape index (κ1) is 19.2. The Kier molecular flexibility index (Phi) is 5.36. The monoisotopic (exact) mass is 391 g/mol. The fourth-order valence-corrected chi connectivity index (χ4v) is 3.98. The summed E-state index contributed by atoms with van der Waals surface area (Å²) in [5.41, 5.74) is 4.65. The largest absolute Gasteiger partial charge is 0.351 e. The van der Waals surface area contributed by atoms with E-state index in [0.717, 1.165) is 40.8 Å². The van der Waals surface area contributed by atoms with E-state index in [4.69, 9.17) is 0 Å². The van der Waals surface area contributed by atoms with Gasteiger partial charge in [0.25, 0.3) is 11.8 Å². The predicted octanol–water partition coefficient (Wildman–Crippen LogP) is 1.76. The standard InChI is InChI=1S/C23H26N4O2/c1-16-6-5-7-17(2)22(16)25-21(28)15-26-10-12-27(13-11-26)23(29)20-14-18-8-3-4-9-19(18)24-20/h3-9,14,24H,10-13,15H2,1-2H3,(H,25,28)/p+1. The van der Waals surface area contributed by atoms with Crippen molar-refractivity contribution in [2.24, 2.45) is 0 Å². The molecule has 6 heteroatoms. The SMILES string of the molecule is Cc1cccc(C)c1NC(=O)C[NH+]1CCN(C(=O)c2cc3ccccc3[nH]2)CC1. The maximum atomic E-state index is 12.8. The van der Waals surface area contributed by atoms with Gasteiger partial charge in [-0.3, -0.25) is 9.59 Å². The summed E-state index contributed by atoms with van der Waals surface area (Å²) < 4.78 is 0. The number of quaternary nitrogens is 1. The first-order valence-electron chi connectivity index (χ1n) is 10.1. The van der Waals surface area contributed by atoms with Crippen molar-refractivity contribution in [1.29, 1.82) is 0 Å². The van der Waals surface area contributed by atoms with Crippen LogP contribution in [-0.4, -0.2) is 54.4 Å². The van der Waals surface area contributed by atoms with Gasteiger partial charge < -0.3 is 20.1 Å². The number of rotatable bonds is 4. The first-order valence-corrected chi connectivity index (χ1v) is 10.1. The molecule has 2 aromatic carbocycles. The van der Waals surface area contributed by atoms with E-state index in [1.54, 1.807) is 0 Å². The van der Waals surface area contributed by atoms with Crippen molar-refractivity contribution in [3.63, 3.8) is 0 Å². The number of aryl methyl sites for hydroxylation is 2. The van der Waals surface area contributed by atoms with E-state index in [2.05, 4.69) is 10.3 Å². The summed E-state index contributed by atoms with van der Waals surface area (Å²) in [4.78, 5) is 31.6. The summed E-state index contributed by atoms with van der Waals surface area (Å²) in [6.07, 6.45) is 0. The molecule has 0 aliphatic carbocycles. The van der Waals surface area contributed by atoms with Gasteiger partial charge in [0.15, 0.2) is 6.54 Å². The average molecular weight is 391 g/mol. The van der Waals surface area contributed by atoms with Crippen molar-refractivity contribution in [2.75, 3.05) is 38.0 Å². The third-order valence-corrected chi connectivity index (χ3v) is 5.67. The van der Waals surface area contributed by atoms with Gasteiger partial charge in [0.1, 0.15) is 5.69 Å². The number of piperazine rings is 1. The molecule has 150 valence electrons. The molecule has 2 amide bonds. The maximum Gasteiger partial charge on any atom is 0.279 e. The van der Waals surface area contributed by atoms with Crippen LogP contribution in [0.4, 0.5) is 5.69 Å². The van der Waals surface area contributed by atoms with Crippen LogP contribution in [0.3, 0.4) is 0 Å². The highest BCUT2D eigenvalue weighted by molar-refractivity contribution is 5.98. The summed E-state index contributed by atoms with van der Waals surface area (Å²) in [7, 11) is 0. The third kappa shape index (κ3) is 4.17. The number of benzene rings is 2. The number of H-pyrrole nitrogens is 1. The number of nitrogens with one attached hydrogen (secondary N) is 3. The molecule has 4 rings (SSSR count). The average Bonchev–Trinajstić information content (AvgIpc) is 3.15. The highest BCUT2D eigenvalue weighted by Gasteiger charge is 2.27. The third-order valence-electron chi connectivity index (χ3n) is 5.67. The second-order valence-electron chi connectivity index (χ2n) is 7.80. The Labute approximate surface area is 170 Å². The summed E-state index contributed by atoms with van der Waals surface area (Å²) in [6.45, 7) is 7.27. The number of hydrogen-bond acceptors (Lipinski definition) is 2. The van der Waals surface area contributed by atoms with Crippen LogP contribution in [0.25, 0.3) is 10.9 Å². The molecule has 6 nitrogen and oxygen atoms in total. The minimum Gasteiger partial charge on any atom is -0.351 e.